The zero-order valence-corrected chi connectivity index (χ0v) is 15.2. The Kier molecular flexibility index (Phi) is 5.89. The summed E-state index contributed by atoms with van der Waals surface area (Å²) in [5.74, 6) is -0.321. The molecule has 1 aliphatic carbocycles. The van der Waals surface area contributed by atoms with Crippen molar-refractivity contribution in [1.82, 2.24) is 0 Å². The second-order valence-corrected chi connectivity index (χ2v) is 8.44. The van der Waals surface area contributed by atoms with Gasteiger partial charge < -0.3 is 14.9 Å². The van der Waals surface area contributed by atoms with Gasteiger partial charge in [0.05, 0.1) is 11.2 Å². The van der Waals surface area contributed by atoms with Crippen molar-refractivity contribution < 1.29 is 19.7 Å². The number of carbonyl (C=O) groups excluding carboxylic acids is 1. The van der Waals surface area contributed by atoms with Crippen LogP contribution >= 0.6 is 22.6 Å². The van der Waals surface area contributed by atoms with Crippen LogP contribution in [-0.2, 0) is 9.53 Å². The van der Waals surface area contributed by atoms with Crippen molar-refractivity contribution in [2.45, 2.75) is 75.1 Å². The summed E-state index contributed by atoms with van der Waals surface area (Å²) in [6, 6.07) is 0. The molecule has 118 valence electrons. The van der Waals surface area contributed by atoms with Crippen molar-refractivity contribution in [2.24, 2.45) is 11.8 Å². The maximum absolute atomic E-state index is 12.0. The van der Waals surface area contributed by atoms with Gasteiger partial charge in [-0.2, -0.15) is 0 Å². The summed E-state index contributed by atoms with van der Waals surface area (Å²) in [5.41, 5.74) is -1.74. The summed E-state index contributed by atoms with van der Waals surface area (Å²) in [7, 11) is 0. The lowest BCUT2D eigenvalue weighted by atomic mass is 9.84. The van der Waals surface area contributed by atoms with Crippen LogP contribution in [0.5, 0.6) is 0 Å². The van der Waals surface area contributed by atoms with Crippen LogP contribution in [-0.4, -0.2) is 37.4 Å². The maximum Gasteiger partial charge on any atom is 0.319 e. The third kappa shape index (κ3) is 4.56. The summed E-state index contributed by atoms with van der Waals surface area (Å²) in [6.45, 7) is 8.98. The molecular formula is C15H27IO4. The van der Waals surface area contributed by atoms with Gasteiger partial charge in [-0.15, -0.1) is 0 Å². The molecule has 0 bridgehead atoms. The maximum atomic E-state index is 12.0. The van der Waals surface area contributed by atoms with Gasteiger partial charge in [0, 0.05) is 5.92 Å². The molecule has 0 radical (unpaired) electrons. The highest BCUT2D eigenvalue weighted by atomic mass is 127. The minimum atomic E-state index is -0.919. The minimum absolute atomic E-state index is 0.0333. The number of hydrogen-bond acceptors (Lipinski definition) is 4. The van der Waals surface area contributed by atoms with Gasteiger partial charge in [0.25, 0.3) is 0 Å². The van der Waals surface area contributed by atoms with Crippen molar-refractivity contribution in [3.63, 3.8) is 0 Å². The minimum Gasteiger partial charge on any atom is -0.461 e. The molecule has 0 aromatic rings. The Bertz CT molecular complexity index is 343. The van der Waals surface area contributed by atoms with E-state index in [2.05, 4.69) is 22.6 Å². The molecule has 0 aromatic heterocycles. The van der Waals surface area contributed by atoms with Crippen molar-refractivity contribution in [3.8, 4) is 0 Å². The average Bonchev–Trinajstić information content (AvgIpc) is 2.71. The van der Waals surface area contributed by atoms with E-state index in [1.54, 1.807) is 27.7 Å². The fourth-order valence-electron chi connectivity index (χ4n) is 2.84. The summed E-state index contributed by atoms with van der Waals surface area (Å²) < 4.78 is 5.45. The topological polar surface area (TPSA) is 66.8 Å². The monoisotopic (exact) mass is 398 g/mol. The van der Waals surface area contributed by atoms with Gasteiger partial charge in [-0.25, -0.2) is 0 Å². The van der Waals surface area contributed by atoms with Crippen molar-refractivity contribution in [2.75, 3.05) is 0 Å². The molecule has 4 nitrogen and oxygen atoms in total. The zero-order chi connectivity index (χ0) is 15.7. The second-order valence-electron chi connectivity index (χ2n) is 6.93. The highest BCUT2D eigenvalue weighted by Gasteiger charge is 2.48. The Morgan fingerprint density at radius 3 is 2.20 bits per heavy atom. The normalized spacial score (nSPS) is 29.3. The van der Waals surface area contributed by atoms with E-state index >= 15 is 0 Å². The summed E-state index contributed by atoms with van der Waals surface area (Å²) in [4.78, 5) is 12.0. The van der Waals surface area contributed by atoms with E-state index in [0.29, 0.717) is 12.8 Å². The second kappa shape index (κ2) is 6.48. The van der Waals surface area contributed by atoms with Crippen LogP contribution in [0.1, 0.15) is 53.9 Å². The first-order chi connectivity index (χ1) is 8.96. The molecule has 1 rings (SSSR count). The number of aliphatic hydroxyl groups is 2. The highest BCUT2D eigenvalue weighted by molar-refractivity contribution is 14.1. The lowest BCUT2D eigenvalue weighted by Crippen LogP contribution is -2.39. The van der Waals surface area contributed by atoms with Crippen molar-refractivity contribution in [3.05, 3.63) is 0 Å². The third-order valence-corrected chi connectivity index (χ3v) is 5.68. The van der Waals surface area contributed by atoms with E-state index in [9.17, 15) is 15.0 Å². The molecule has 20 heavy (non-hydrogen) atoms. The molecule has 0 saturated heterocycles. The average molecular weight is 398 g/mol. The van der Waals surface area contributed by atoms with E-state index in [-0.39, 0.29) is 27.8 Å². The number of rotatable bonds is 5. The smallest absolute Gasteiger partial charge is 0.319 e. The van der Waals surface area contributed by atoms with Gasteiger partial charge >= 0.3 is 5.97 Å². The number of carbonyl (C=O) groups is 1. The first-order valence-corrected chi connectivity index (χ1v) is 8.50. The van der Waals surface area contributed by atoms with Crippen molar-refractivity contribution in [1.29, 1.82) is 0 Å². The number of esters is 1. The zero-order valence-electron chi connectivity index (χ0n) is 13.0. The molecule has 0 spiro atoms. The molecule has 5 heteroatoms. The Balaban J connectivity index is 2.83. The fourth-order valence-corrected chi connectivity index (χ4v) is 2.99. The number of halogens is 1. The van der Waals surface area contributed by atoms with E-state index in [1.165, 1.54) is 0 Å². The molecular weight excluding hydrogens is 371 g/mol. The molecule has 0 aliphatic heterocycles. The van der Waals surface area contributed by atoms with Crippen LogP contribution in [0.25, 0.3) is 0 Å². The Morgan fingerprint density at radius 2 is 1.80 bits per heavy atom. The standard InChI is InChI=1S/C15H27IO4/c1-6-11(16)13(17)20-12-8-9(14(2,3)18)7-10(12)15(4,5)19/h9-12,18-19H,6-8H2,1-5H3. The molecule has 4 atom stereocenters. The molecule has 1 saturated carbocycles. The first-order valence-electron chi connectivity index (χ1n) is 7.26. The van der Waals surface area contributed by atoms with Crippen LogP contribution in [0.4, 0.5) is 0 Å². The third-order valence-electron chi connectivity index (χ3n) is 4.29. The lowest BCUT2D eigenvalue weighted by Gasteiger charge is -2.31. The summed E-state index contributed by atoms with van der Waals surface area (Å²) in [5, 5.41) is 20.5. The summed E-state index contributed by atoms with van der Waals surface area (Å²) in [6.07, 6.45) is 1.69. The predicted molar refractivity (Wildman–Crippen MR) is 86.8 cm³/mol. The van der Waals surface area contributed by atoms with Crippen molar-refractivity contribution >= 4 is 28.6 Å². The SMILES string of the molecule is CCC(I)C(=O)OC1CC(C(C)(C)O)CC1C(C)(C)O. The summed E-state index contributed by atoms with van der Waals surface area (Å²) >= 11 is 2.08. The molecule has 2 N–H and O–H groups in total. The molecule has 0 aromatic carbocycles. The van der Waals surface area contributed by atoms with Crippen LogP contribution in [0.3, 0.4) is 0 Å². The van der Waals surface area contributed by atoms with Gasteiger partial charge in [0.1, 0.15) is 10.0 Å². The molecule has 0 amide bonds. The predicted octanol–water partition coefficient (Wildman–Crippen LogP) is 2.68. The Labute approximate surface area is 135 Å². The number of alkyl halides is 1. The van der Waals surface area contributed by atoms with Gasteiger partial charge in [0.15, 0.2) is 0 Å². The molecule has 0 heterocycles. The van der Waals surface area contributed by atoms with Gasteiger partial charge in [-0.1, -0.05) is 29.5 Å². The fraction of sp³-hybridized carbons (Fsp3) is 0.933. The molecule has 4 unspecified atom stereocenters. The quantitative estimate of drug-likeness (QED) is 0.425. The van der Waals surface area contributed by atoms with Crippen LogP contribution < -0.4 is 0 Å². The molecule has 1 aliphatic rings. The molecule has 1 fully saturated rings. The highest BCUT2D eigenvalue weighted by Crippen LogP contribution is 2.44. The Morgan fingerprint density at radius 1 is 1.25 bits per heavy atom. The largest absolute Gasteiger partial charge is 0.461 e. The van der Waals surface area contributed by atoms with E-state index < -0.39 is 11.2 Å². The van der Waals surface area contributed by atoms with Gasteiger partial charge in [-0.05, 0) is 52.9 Å². The van der Waals surface area contributed by atoms with Crippen LogP contribution in [0, 0.1) is 11.8 Å². The van der Waals surface area contributed by atoms with Gasteiger partial charge in [-0.3, -0.25) is 4.79 Å². The number of hydrogen-bond donors (Lipinski definition) is 2. The van der Waals surface area contributed by atoms with Gasteiger partial charge in [0.2, 0.25) is 0 Å². The first kappa shape index (κ1) is 18.2. The lowest BCUT2D eigenvalue weighted by molar-refractivity contribution is -0.154. The van der Waals surface area contributed by atoms with E-state index in [4.69, 9.17) is 4.74 Å². The van der Waals surface area contributed by atoms with Crippen LogP contribution in [0.2, 0.25) is 0 Å². The Hall–Kier alpha value is 0.120. The van der Waals surface area contributed by atoms with Crippen LogP contribution in [0.15, 0.2) is 0 Å². The number of ether oxygens (including phenoxy) is 1. The van der Waals surface area contributed by atoms with E-state index in [0.717, 1.165) is 6.42 Å². The van der Waals surface area contributed by atoms with E-state index in [1.807, 2.05) is 6.92 Å².